The second kappa shape index (κ2) is 13.5. The van der Waals surface area contributed by atoms with Crippen molar-refractivity contribution in [3.63, 3.8) is 0 Å². The number of piperidine rings is 1. The zero-order chi connectivity index (χ0) is 27.8. The summed E-state index contributed by atoms with van der Waals surface area (Å²) in [7, 11) is 0. The van der Waals surface area contributed by atoms with Gasteiger partial charge in [0.15, 0.2) is 0 Å². The fraction of sp³-hybridized carbons (Fsp3) is 0.576. The first-order valence-corrected chi connectivity index (χ1v) is 15.3. The fourth-order valence-electron chi connectivity index (χ4n) is 6.41. The van der Waals surface area contributed by atoms with Gasteiger partial charge in [0.25, 0.3) is 5.91 Å². The molecule has 2 saturated heterocycles. The minimum absolute atomic E-state index is 0.00284. The summed E-state index contributed by atoms with van der Waals surface area (Å²) in [5.74, 6) is 1.68. The number of nitrogens with one attached hydrogen (secondary N) is 1. The van der Waals surface area contributed by atoms with Crippen LogP contribution < -0.4 is 14.8 Å². The lowest BCUT2D eigenvalue weighted by Crippen LogP contribution is -2.52. The van der Waals surface area contributed by atoms with E-state index in [2.05, 4.69) is 22.3 Å². The molecule has 0 unspecified atom stereocenters. The van der Waals surface area contributed by atoms with E-state index in [1.807, 2.05) is 48.2 Å². The monoisotopic (exact) mass is 547 g/mol. The third kappa shape index (κ3) is 6.98. The van der Waals surface area contributed by atoms with Crippen molar-refractivity contribution in [2.45, 2.75) is 70.8 Å². The zero-order valence-electron chi connectivity index (χ0n) is 24.0. The lowest BCUT2D eigenvalue weighted by Gasteiger charge is -2.41. The van der Waals surface area contributed by atoms with Crippen LogP contribution in [0.15, 0.2) is 48.5 Å². The van der Waals surface area contributed by atoms with Gasteiger partial charge < -0.3 is 24.6 Å². The Morgan fingerprint density at radius 3 is 2.55 bits per heavy atom. The van der Waals surface area contributed by atoms with Crippen LogP contribution >= 0.6 is 0 Å². The average molecular weight is 548 g/mol. The van der Waals surface area contributed by atoms with Crippen LogP contribution in [0.4, 0.5) is 0 Å². The van der Waals surface area contributed by atoms with E-state index in [4.69, 9.17) is 9.47 Å². The summed E-state index contributed by atoms with van der Waals surface area (Å²) < 4.78 is 12.2. The Bertz CT molecular complexity index is 1140. The highest BCUT2D eigenvalue weighted by Gasteiger charge is 2.42. The summed E-state index contributed by atoms with van der Waals surface area (Å²) in [5, 5.41) is 3.23. The average Bonchev–Trinajstić information content (AvgIpc) is 3.50. The van der Waals surface area contributed by atoms with Gasteiger partial charge in [0.1, 0.15) is 18.1 Å². The molecule has 7 nitrogen and oxygen atoms in total. The lowest BCUT2D eigenvalue weighted by molar-refractivity contribution is -0.135. The Morgan fingerprint density at radius 1 is 0.975 bits per heavy atom. The Hall–Kier alpha value is -3.06. The molecule has 216 valence electrons. The quantitative estimate of drug-likeness (QED) is 0.511. The van der Waals surface area contributed by atoms with Crippen LogP contribution in [-0.4, -0.2) is 73.6 Å². The maximum Gasteiger partial charge on any atom is 0.257 e. The van der Waals surface area contributed by atoms with Crippen LogP contribution in [0.5, 0.6) is 11.5 Å². The zero-order valence-corrected chi connectivity index (χ0v) is 24.0. The summed E-state index contributed by atoms with van der Waals surface area (Å²) >= 11 is 0. The van der Waals surface area contributed by atoms with Gasteiger partial charge in [-0.1, -0.05) is 36.8 Å². The Kier molecular flexibility index (Phi) is 9.63. The minimum atomic E-state index is -0.449. The van der Waals surface area contributed by atoms with E-state index in [9.17, 15) is 9.59 Å². The normalized spacial score (nSPS) is 22.0. The fourth-order valence-corrected chi connectivity index (χ4v) is 6.41. The summed E-state index contributed by atoms with van der Waals surface area (Å²) in [6.07, 6.45) is 8.65. The van der Waals surface area contributed by atoms with Gasteiger partial charge in [-0.15, -0.1) is 0 Å². The van der Waals surface area contributed by atoms with E-state index in [0.717, 1.165) is 44.4 Å². The van der Waals surface area contributed by atoms with E-state index in [1.165, 1.54) is 31.5 Å². The first kappa shape index (κ1) is 28.5. The van der Waals surface area contributed by atoms with Crippen molar-refractivity contribution in [2.75, 3.05) is 45.9 Å². The third-order valence-corrected chi connectivity index (χ3v) is 8.87. The van der Waals surface area contributed by atoms with E-state index in [0.29, 0.717) is 50.5 Å². The smallest absolute Gasteiger partial charge is 0.257 e. The molecule has 3 aliphatic heterocycles. The number of benzene rings is 2. The number of aryl methyl sites for hydroxylation is 1. The molecule has 2 amide bonds. The van der Waals surface area contributed by atoms with Gasteiger partial charge >= 0.3 is 0 Å². The highest BCUT2D eigenvalue weighted by Crippen LogP contribution is 2.38. The molecule has 2 aromatic rings. The molecule has 7 heteroatoms. The summed E-state index contributed by atoms with van der Waals surface area (Å²) in [4.78, 5) is 31.6. The van der Waals surface area contributed by atoms with Gasteiger partial charge in [-0.05, 0) is 95.1 Å². The molecule has 1 spiro atoms. The SMILES string of the molecule is C[C@H]1COc2ccccc2CCCCC2(CCN(C(=O)c3ccccc3OCCCN3CCCC3)CC2)C(=O)N1. The van der Waals surface area contributed by atoms with Crippen LogP contribution in [0.3, 0.4) is 0 Å². The number of hydrogen-bond donors (Lipinski definition) is 1. The van der Waals surface area contributed by atoms with E-state index < -0.39 is 5.41 Å². The number of amides is 2. The highest BCUT2D eigenvalue weighted by atomic mass is 16.5. The molecule has 0 aliphatic carbocycles. The second-order valence-corrected chi connectivity index (χ2v) is 11.8. The van der Waals surface area contributed by atoms with Crippen molar-refractivity contribution in [3.8, 4) is 11.5 Å². The molecule has 1 atom stereocenters. The van der Waals surface area contributed by atoms with Gasteiger partial charge in [0, 0.05) is 19.6 Å². The largest absolute Gasteiger partial charge is 0.493 e. The Balaban J connectivity index is 1.19. The van der Waals surface area contributed by atoms with Gasteiger partial charge in [-0.25, -0.2) is 0 Å². The van der Waals surface area contributed by atoms with E-state index in [-0.39, 0.29) is 17.9 Å². The molecule has 0 aromatic heterocycles. The molecule has 0 saturated carbocycles. The first-order valence-electron chi connectivity index (χ1n) is 15.3. The highest BCUT2D eigenvalue weighted by molar-refractivity contribution is 5.97. The van der Waals surface area contributed by atoms with E-state index in [1.54, 1.807) is 0 Å². The topological polar surface area (TPSA) is 71.1 Å². The molecular weight excluding hydrogens is 502 g/mol. The molecule has 3 heterocycles. The maximum absolute atomic E-state index is 13.6. The molecule has 40 heavy (non-hydrogen) atoms. The second-order valence-electron chi connectivity index (χ2n) is 11.8. The van der Waals surface area contributed by atoms with Crippen molar-refractivity contribution in [1.82, 2.24) is 15.1 Å². The first-order chi connectivity index (χ1) is 19.5. The number of carbonyl (C=O) groups excluding carboxylic acids is 2. The summed E-state index contributed by atoms with van der Waals surface area (Å²) in [6, 6.07) is 15.7. The molecule has 1 N–H and O–H groups in total. The van der Waals surface area contributed by atoms with Crippen molar-refractivity contribution in [3.05, 3.63) is 59.7 Å². The van der Waals surface area contributed by atoms with Crippen molar-refractivity contribution in [1.29, 1.82) is 0 Å². The van der Waals surface area contributed by atoms with Gasteiger partial charge in [0.2, 0.25) is 5.91 Å². The van der Waals surface area contributed by atoms with Gasteiger partial charge in [0.05, 0.1) is 23.6 Å². The van der Waals surface area contributed by atoms with Crippen LogP contribution in [0, 0.1) is 5.41 Å². The molecule has 0 bridgehead atoms. The molecule has 3 aliphatic rings. The number of rotatable bonds is 6. The van der Waals surface area contributed by atoms with Crippen molar-refractivity contribution >= 4 is 11.8 Å². The number of fused-ring (bicyclic) bond motifs is 1. The Labute approximate surface area is 239 Å². The number of likely N-dealkylation sites (tertiary alicyclic amines) is 2. The summed E-state index contributed by atoms with van der Waals surface area (Å²) in [6.45, 7) is 7.61. The predicted molar refractivity (Wildman–Crippen MR) is 157 cm³/mol. The van der Waals surface area contributed by atoms with E-state index >= 15 is 0 Å². The standard InChI is InChI=1S/C33H45N3O4/c1-26-25-40-29-14-4-2-11-27(29)12-6-7-16-33(32(38)34-26)17-22-36(23-18-33)31(37)28-13-3-5-15-30(28)39-24-10-21-35-19-8-9-20-35/h2-5,11,13-15,26H,6-10,12,16-25H2,1H3,(H,34,38)/t26-/m0/s1. The Morgan fingerprint density at radius 2 is 1.73 bits per heavy atom. The van der Waals surface area contributed by atoms with Crippen LogP contribution in [0.2, 0.25) is 0 Å². The number of hydrogen-bond acceptors (Lipinski definition) is 5. The van der Waals surface area contributed by atoms with Crippen LogP contribution in [0.25, 0.3) is 0 Å². The number of nitrogens with zero attached hydrogens (tertiary/aromatic N) is 2. The molecular formula is C33H45N3O4. The van der Waals surface area contributed by atoms with Crippen LogP contribution in [0.1, 0.15) is 74.2 Å². The summed E-state index contributed by atoms with van der Waals surface area (Å²) in [5.41, 5.74) is 1.40. The minimum Gasteiger partial charge on any atom is -0.493 e. The maximum atomic E-state index is 13.6. The van der Waals surface area contributed by atoms with Crippen molar-refractivity contribution in [2.24, 2.45) is 5.41 Å². The van der Waals surface area contributed by atoms with Gasteiger partial charge in [-0.2, -0.15) is 0 Å². The molecule has 5 rings (SSSR count). The van der Waals surface area contributed by atoms with Gasteiger partial charge in [-0.3, -0.25) is 9.59 Å². The third-order valence-electron chi connectivity index (χ3n) is 8.87. The lowest BCUT2D eigenvalue weighted by atomic mass is 9.73. The predicted octanol–water partition coefficient (Wildman–Crippen LogP) is 5.08. The number of ether oxygens (including phenoxy) is 2. The number of para-hydroxylation sites is 2. The molecule has 2 aromatic carbocycles. The molecule has 0 radical (unpaired) electrons. The molecule has 2 fully saturated rings. The van der Waals surface area contributed by atoms with Crippen LogP contribution in [-0.2, 0) is 11.2 Å². The van der Waals surface area contributed by atoms with Crippen molar-refractivity contribution < 1.29 is 19.1 Å². The number of carbonyl (C=O) groups is 2.